The number of hydrogen-bond acceptors (Lipinski definition) is 4. The summed E-state index contributed by atoms with van der Waals surface area (Å²) in [6.07, 6.45) is 4.75. The highest BCUT2D eigenvalue weighted by atomic mass is 35.5. The number of phenols is 1. The Morgan fingerprint density at radius 1 is 1.08 bits per heavy atom. The first kappa shape index (κ1) is 16.3. The fourth-order valence-corrected chi connectivity index (χ4v) is 2.58. The molecule has 0 fully saturated rings. The van der Waals surface area contributed by atoms with Crippen molar-refractivity contribution >= 4 is 47.2 Å². The van der Waals surface area contributed by atoms with Gasteiger partial charge in [-0.25, -0.2) is 9.79 Å². The molecule has 3 rings (SSSR count). The molecule has 0 amide bonds. The van der Waals surface area contributed by atoms with Crippen molar-refractivity contribution in [1.82, 2.24) is 0 Å². The molecule has 0 radical (unpaired) electrons. The third kappa shape index (κ3) is 3.67. The number of carbonyl (C=O) groups excluding carboxylic acids is 1. The van der Waals surface area contributed by atoms with Gasteiger partial charge in [0.25, 0.3) is 0 Å². The van der Waals surface area contributed by atoms with E-state index >= 15 is 0 Å². The van der Waals surface area contributed by atoms with Crippen LogP contribution >= 0.6 is 23.2 Å². The summed E-state index contributed by atoms with van der Waals surface area (Å²) in [5.41, 5.74) is 1.29. The fourth-order valence-electron chi connectivity index (χ4n) is 2.07. The minimum absolute atomic E-state index is 0.0522. The Bertz CT molecular complexity index is 887. The molecule has 0 bridgehead atoms. The van der Waals surface area contributed by atoms with Crippen molar-refractivity contribution in [2.75, 3.05) is 0 Å². The van der Waals surface area contributed by atoms with E-state index in [0.29, 0.717) is 5.02 Å². The molecule has 0 atom stereocenters. The summed E-state index contributed by atoms with van der Waals surface area (Å²) in [5, 5.41) is 10.4. The van der Waals surface area contributed by atoms with E-state index in [1.807, 2.05) is 30.3 Å². The van der Waals surface area contributed by atoms with Crippen LogP contribution in [0.5, 0.6) is 5.75 Å². The molecule has 6 heteroatoms. The zero-order valence-corrected chi connectivity index (χ0v) is 13.8. The number of carbonyl (C=O) groups is 1. The molecule has 0 aliphatic carbocycles. The van der Waals surface area contributed by atoms with E-state index < -0.39 is 5.97 Å². The average Bonchev–Trinajstić information content (AvgIpc) is 2.91. The summed E-state index contributed by atoms with van der Waals surface area (Å²) in [6, 6.07) is 12.4. The van der Waals surface area contributed by atoms with Crippen molar-refractivity contribution in [1.29, 1.82) is 0 Å². The van der Waals surface area contributed by atoms with Crippen molar-refractivity contribution in [2.45, 2.75) is 0 Å². The number of ether oxygens (including phenoxy) is 1. The first-order valence-corrected chi connectivity index (χ1v) is 7.72. The standard InChI is InChI=1S/C18H11Cl2NO3/c19-13-8-12(17(22)14(20)10-13)9-15-18(23)24-16(21-15)7-6-11-4-2-1-3-5-11/h1-10,22H/b7-6-,15-9+. The minimum atomic E-state index is -0.613. The van der Waals surface area contributed by atoms with Crippen LogP contribution < -0.4 is 0 Å². The number of esters is 1. The molecule has 0 saturated heterocycles. The third-order valence-electron chi connectivity index (χ3n) is 3.20. The summed E-state index contributed by atoms with van der Waals surface area (Å²) in [7, 11) is 0. The number of aliphatic imine (C=N–C) groups is 1. The van der Waals surface area contributed by atoms with Crippen molar-refractivity contribution in [2.24, 2.45) is 4.99 Å². The van der Waals surface area contributed by atoms with Gasteiger partial charge in [0.15, 0.2) is 5.70 Å². The van der Waals surface area contributed by atoms with Crippen LogP contribution in [-0.4, -0.2) is 17.0 Å². The van der Waals surface area contributed by atoms with Gasteiger partial charge < -0.3 is 9.84 Å². The Labute approximate surface area is 148 Å². The predicted molar refractivity (Wildman–Crippen MR) is 95.1 cm³/mol. The molecule has 0 aromatic heterocycles. The number of benzene rings is 2. The van der Waals surface area contributed by atoms with Crippen LogP contribution in [0.4, 0.5) is 0 Å². The topological polar surface area (TPSA) is 58.9 Å². The smallest absolute Gasteiger partial charge is 0.363 e. The lowest BCUT2D eigenvalue weighted by molar-refractivity contribution is -0.129. The second-order valence-electron chi connectivity index (χ2n) is 4.94. The van der Waals surface area contributed by atoms with Crippen molar-refractivity contribution in [3.05, 3.63) is 75.4 Å². The minimum Gasteiger partial charge on any atom is -0.506 e. The summed E-state index contributed by atoms with van der Waals surface area (Å²) in [5.74, 6) is -0.620. The van der Waals surface area contributed by atoms with Crippen LogP contribution in [0.25, 0.3) is 12.2 Å². The molecule has 24 heavy (non-hydrogen) atoms. The van der Waals surface area contributed by atoms with E-state index in [0.717, 1.165) is 5.56 Å². The van der Waals surface area contributed by atoms with Crippen LogP contribution in [0.1, 0.15) is 11.1 Å². The van der Waals surface area contributed by atoms with Crippen LogP contribution in [-0.2, 0) is 9.53 Å². The lowest BCUT2D eigenvalue weighted by Crippen LogP contribution is -2.01. The highest BCUT2D eigenvalue weighted by molar-refractivity contribution is 6.36. The molecule has 120 valence electrons. The van der Waals surface area contributed by atoms with Gasteiger partial charge in [-0.1, -0.05) is 53.5 Å². The Morgan fingerprint density at radius 2 is 1.83 bits per heavy atom. The Kier molecular flexibility index (Phi) is 4.69. The van der Waals surface area contributed by atoms with Crippen LogP contribution in [0.3, 0.4) is 0 Å². The van der Waals surface area contributed by atoms with Crippen molar-refractivity contribution < 1.29 is 14.6 Å². The number of halogens is 2. The zero-order valence-electron chi connectivity index (χ0n) is 12.2. The zero-order chi connectivity index (χ0) is 17.1. The Morgan fingerprint density at radius 3 is 2.58 bits per heavy atom. The average molecular weight is 360 g/mol. The Balaban J connectivity index is 1.88. The maximum atomic E-state index is 11.9. The highest BCUT2D eigenvalue weighted by Gasteiger charge is 2.22. The van der Waals surface area contributed by atoms with E-state index in [1.54, 1.807) is 12.2 Å². The first-order chi connectivity index (χ1) is 11.5. The number of hydrogen-bond donors (Lipinski definition) is 1. The van der Waals surface area contributed by atoms with E-state index in [-0.39, 0.29) is 27.9 Å². The largest absolute Gasteiger partial charge is 0.506 e. The van der Waals surface area contributed by atoms with Crippen LogP contribution in [0.2, 0.25) is 10.0 Å². The molecule has 2 aromatic rings. The quantitative estimate of drug-likeness (QED) is 0.637. The molecular formula is C18H11Cl2NO3. The highest BCUT2D eigenvalue weighted by Crippen LogP contribution is 2.33. The monoisotopic (exact) mass is 359 g/mol. The maximum Gasteiger partial charge on any atom is 0.363 e. The molecule has 1 aliphatic rings. The van der Waals surface area contributed by atoms with Gasteiger partial charge in [-0.2, -0.15) is 0 Å². The number of cyclic esters (lactones) is 1. The molecule has 2 aromatic carbocycles. The van der Waals surface area contributed by atoms with Crippen molar-refractivity contribution in [3.63, 3.8) is 0 Å². The molecule has 0 saturated carbocycles. The van der Waals surface area contributed by atoms with Crippen LogP contribution in [0, 0.1) is 0 Å². The van der Waals surface area contributed by atoms with Gasteiger partial charge in [0.2, 0.25) is 5.90 Å². The fraction of sp³-hybridized carbons (Fsp3) is 0. The molecule has 0 unspecified atom stereocenters. The summed E-state index contributed by atoms with van der Waals surface area (Å²) < 4.78 is 5.08. The lowest BCUT2D eigenvalue weighted by Gasteiger charge is -2.02. The molecule has 1 aliphatic heterocycles. The SMILES string of the molecule is O=C1OC(/C=C\c2ccccc2)=NC/1=C/c1cc(Cl)cc(Cl)c1O. The summed E-state index contributed by atoms with van der Waals surface area (Å²) in [4.78, 5) is 16.0. The van der Waals surface area contributed by atoms with E-state index in [2.05, 4.69) is 4.99 Å². The lowest BCUT2D eigenvalue weighted by atomic mass is 10.1. The second-order valence-corrected chi connectivity index (χ2v) is 5.78. The van der Waals surface area contributed by atoms with Gasteiger partial charge in [-0.15, -0.1) is 0 Å². The van der Waals surface area contributed by atoms with Gasteiger partial charge in [-0.05, 0) is 29.8 Å². The Hall–Kier alpha value is -2.56. The van der Waals surface area contributed by atoms with E-state index in [1.165, 1.54) is 18.2 Å². The number of rotatable bonds is 3. The predicted octanol–water partition coefficient (Wildman–Crippen LogP) is 4.71. The molecule has 0 spiro atoms. The molecule has 1 N–H and O–H groups in total. The van der Waals surface area contributed by atoms with Crippen LogP contribution in [0.15, 0.2) is 59.2 Å². The first-order valence-electron chi connectivity index (χ1n) is 6.96. The second kappa shape index (κ2) is 6.91. The maximum absolute atomic E-state index is 11.9. The number of phenolic OH excluding ortho intramolecular Hbond substituents is 1. The summed E-state index contributed by atoms with van der Waals surface area (Å²) in [6.45, 7) is 0. The normalized spacial score (nSPS) is 15.8. The number of nitrogens with zero attached hydrogens (tertiary/aromatic N) is 1. The molecule has 4 nitrogen and oxygen atoms in total. The molecular weight excluding hydrogens is 349 g/mol. The number of aromatic hydroxyl groups is 1. The molecule has 1 heterocycles. The van der Waals surface area contributed by atoms with Gasteiger partial charge in [-0.3, -0.25) is 0 Å². The van der Waals surface area contributed by atoms with Gasteiger partial charge in [0, 0.05) is 16.7 Å². The van der Waals surface area contributed by atoms with E-state index in [4.69, 9.17) is 27.9 Å². The third-order valence-corrected chi connectivity index (χ3v) is 3.71. The summed E-state index contributed by atoms with van der Waals surface area (Å²) >= 11 is 11.8. The van der Waals surface area contributed by atoms with Crippen molar-refractivity contribution in [3.8, 4) is 5.75 Å². The van der Waals surface area contributed by atoms with E-state index in [9.17, 15) is 9.90 Å². The van der Waals surface area contributed by atoms with Gasteiger partial charge in [0.1, 0.15) is 5.75 Å². The van der Waals surface area contributed by atoms with Gasteiger partial charge in [0.05, 0.1) is 5.02 Å². The van der Waals surface area contributed by atoms with Gasteiger partial charge >= 0.3 is 5.97 Å².